The number of nitrogens with zero attached hydrogens (tertiary/aromatic N) is 6. The van der Waals surface area contributed by atoms with Crippen LogP contribution in [0.1, 0.15) is 120 Å². The first kappa shape index (κ1) is 22.2. The van der Waals surface area contributed by atoms with E-state index >= 15 is 0 Å². The van der Waals surface area contributed by atoms with E-state index in [0.717, 1.165) is 0 Å². The third-order valence-corrected chi connectivity index (χ3v) is 8.92. The highest BCUT2D eigenvalue weighted by atomic mass is 15.5. The summed E-state index contributed by atoms with van der Waals surface area (Å²) in [7, 11) is -1.27. The summed E-state index contributed by atoms with van der Waals surface area (Å²) in [5, 5.41) is 15.5. The minimum absolute atomic E-state index is 0.612. The Balaban J connectivity index is 1.29. The second-order valence-electron chi connectivity index (χ2n) is 11.3. The summed E-state index contributed by atoms with van der Waals surface area (Å²) in [4.78, 5) is 2.18. The van der Waals surface area contributed by atoms with Gasteiger partial charge in [0.1, 0.15) is 5.10 Å². The van der Waals surface area contributed by atoms with Crippen molar-refractivity contribution < 1.29 is 0 Å². The van der Waals surface area contributed by atoms with Crippen LogP contribution in [0, 0.1) is 5.92 Å². The zero-order valence-electron chi connectivity index (χ0n) is 20.7. The fraction of sp³-hybridized carbons (Fsp3) is 0.667. The lowest BCUT2D eigenvalue weighted by atomic mass is 9.86. The van der Waals surface area contributed by atoms with E-state index in [4.69, 9.17) is 15.3 Å². The summed E-state index contributed by atoms with van der Waals surface area (Å²) in [5.41, 5.74) is 3.78. The van der Waals surface area contributed by atoms with Gasteiger partial charge in [-0.2, -0.15) is 0 Å². The molecule has 6 rings (SSSR count). The zero-order valence-corrected chi connectivity index (χ0v) is 20.7. The summed E-state index contributed by atoms with van der Waals surface area (Å²) < 4.78 is 4.36. The van der Waals surface area contributed by atoms with Crippen LogP contribution < -0.4 is 5.10 Å². The third kappa shape index (κ3) is 4.63. The van der Waals surface area contributed by atoms with E-state index in [1.807, 2.05) is 0 Å². The van der Waals surface area contributed by atoms with E-state index in [1.54, 1.807) is 0 Å². The van der Waals surface area contributed by atoms with Crippen molar-refractivity contribution in [1.82, 2.24) is 29.4 Å². The second kappa shape index (κ2) is 10.1. The average molecular weight is 459 g/mol. The molecule has 0 saturated heterocycles. The maximum absolute atomic E-state index is 5.16. The standard InChI is InChI=1S/C27H40BN6/c1-4-10-22(11-5-1)25-16-19-32(29-25)28(33-20-17-26(30-33)23-12-6-2-7-13-23)34-21-18-27(31-34)24-14-8-3-9-15-24/h16-24,28H,1-15H2. The summed E-state index contributed by atoms with van der Waals surface area (Å²) in [6, 6.07) is 4.51. The summed E-state index contributed by atoms with van der Waals surface area (Å²) in [6.07, 6.45) is 28.6. The molecule has 6 nitrogen and oxygen atoms in total. The van der Waals surface area contributed by atoms with Crippen LogP contribution in [-0.2, 0) is 0 Å². The minimum Gasteiger partial charge on any atom is -0.400 e. The Labute approximate surface area is 204 Å². The van der Waals surface area contributed by atoms with Crippen molar-refractivity contribution in [2.75, 3.05) is 0 Å². The number of hydrogen-bond acceptors (Lipinski definition) is 4. The largest absolute Gasteiger partial charge is 0.400 e. The van der Waals surface area contributed by atoms with E-state index in [-0.39, 0.29) is 0 Å². The maximum atomic E-state index is 5.16. The van der Waals surface area contributed by atoms with Gasteiger partial charge in [-0.1, -0.05) is 57.8 Å². The third-order valence-electron chi connectivity index (χ3n) is 8.92. The number of hydrazone groups is 1. The zero-order chi connectivity index (χ0) is 22.7. The number of aromatic nitrogens is 4. The van der Waals surface area contributed by atoms with E-state index < -0.39 is 7.12 Å². The Kier molecular flexibility index (Phi) is 6.61. The van der Waals surface area contributed by atoms with Crippen LogP contribution in [0.5, 0.6) is 0 Å². The van der Waals surface area contributed by atoms with Gasteiger partial charge in [-0.15, -0.1) is 0 Å². The molecule has 3 heterocycles. The van der Waals surface area contributed by atoms with Gasteiger partial charge in [-0.25, -0.2) is 15.1 Å². The molecule has 0 N–H and O–H groups in total. The van der Waals surface area contributed by atoms with Gasteiger partial charge in [-0.3, -0.25) is 0 Å². The highest BCUT2D eigenvalue weighted by Gasteiger charge is 2.34. The molecule has 0 bridgehead atoms. The lowest BCUT2D eigenvalue weighted by Gasteiger charge is -2.27. The first-order valence-electron chi connectivity index (χ1n) is 14.2. The summed E-state index contributed by atoms with van der Waals surface area (Å²) in [6.45, 7) is 0. The van der Waals surface area contributed by atoms with Crippen molar-refractivity contribution in [2.45, 2.75) is 108 Å². The lowest BCUT2D eigenvalue weighted by molar-refractivity contribution is 0.426. The molecule has 2 aromatic heterocycles. The molecule has 3 saturated carbocycles. The van der Waals surface area contributed by atoms with Crippen LogP contribution in [0.4, 0.5) is 0 Å². The number of allylic oxidation sites excluding steroid dienone is 1. The van der Waals surface area contributed by atoms with Crippen molar-refractivity contribution in [3.8, 4) is 0 Å². The van der Waals surface area contributed by atoms with Crippen LogP contribution in [0.3, 0.4) is 0 Å². The van der Waals surface area contributed by atoms with Gasteiger partial charge >= 0.3 is 7.12 Å². The summed E-state index contributed by atoms with van der Waals surface area (Å²) >= 11 is 0. The molecule has 0 amide bonds. The van der Waals surface area contributed by atoms with Gasteiger partial charge in [0.2, 0.25) is 0 Å². The second-order valence-corrected chi connectivity index (χ2v) is 11.3. The Morgan fingerprint density at radius 2 is 1.12 bits per heavy atom. The number of hydrogen-bond donors (Lipinski definition) is 0. The van der Waals surface area contributed by atoms with E-state index in [2.05, 4.69) is 50.9 Å². The van der Waals surface area contributed by atoms with Crippen molar-refractivity contribution in [1.29, 1.82) is 0 Å². The van der Waals surface area contributed by atoms with Crippen LogP contribution in [0.2, 0.25) is 0 Å². The van der Waals surface area contributed by atoms with Crippen LogP contribution in [-0.4, -0.2) is 37.1 Å². The Morgan fingerprint density at radius 3 is 1.62 bits per heavy atom. The molecule has 0 spiro atoms. The average Bonchev–Trinajstić information content (AvgIpc) is 3.68. The van der Waals surface area contributed by atoms with Gasteiger partial charge in [0.25, 0.3) is 5.71 Å². The van der Waals surface area contributed by atoms with Crippen molar-refractivity contribution >= 4 is 12.8 Å². The molecule has 0 unspecified atom stereocenters. The fourth-order valence-electron chi connectivity index (χ4n) is 6.90. The van der Waals surface area contributed by atoms with Gasteiger partial charge in [0.15, 0.2) is 0 Å². The van der Waals surface area contributed by atoms with Crippen molar-refractivity contribution in [3.05, 3.63) is 48.2 Å². The van der Waals surface area contributed by atoms with Gasteiger partial charge < -0.3 is 9.19 Å². The first-order chi connectivity index (χ1) is 16.8. The van der Waals surface area contributed by atoms with Gasteiger partial charge in [0.05, 0.1) is 17.3 Å². The highest BCUT2D eigenvalue weighted by molar-refractivity contribution is 6.52. The van der Waals surface area contributed by atoms with Crippen LogP contribution in [0.25, 0.3) is 0 Å². The molecule has 0 aromatic carbocycles. The Morgan fingerprint density at radius 1 is 0.647 bits per heavy atom. The van der Waals surface area contributed by atoms with Crippen LogP contribution >= 0.6 is 0 Å². The predicted octanol–water partition coefficient (Wildman–Crippen LogP) is 5.39. The maximum Gasteiger partial charge on any atom is 0.374 e. The van der Waals surface area contributed by atoms with Crippen molar-refractivity contribution in [3.63, 3.8) is 0 Å². The van der Waals surface area contributed by atoms with E-state index in [9.17, 15) is 0 Å². The van der Waals surface area contributed by atoms with Crippen LogP contribution in [0.15, 0.2) is 36.8 Å². The molecular formula is C27H40BN6. The van der Waals surface area contributed by atoms with Gasteiger partial charge in [-0.05, 0) is 63.1 Å². The fourth-order valence-corrected chi connectivity index (χ4v) is 6.90. The Bertz CT molecular complexity index is 948. The van der Waals surface area contributed by atoms with Crippen molar-refractivity contribution in [2.24, 2.45) is 5.92 Å². The van der Waals surface area contributed by atoms with Gasteiger partial charge in [0, 0.05) is 24.1 Å². The SMILES string of the molecule is C1=CN([BH-](n2ccc(C3CCCCC3)n2)n2ccc(C3CCCCC3)n2)[N+]=C1C1CCCCC1. The Hall–Kier alpha value is -2.31. The smallest absolute Gasteiger partial charge is 0.374 e. The van der Waals surface area contributed by atoms with E-state index in [0.29, 0.717) is 17.8 Å². The topological polar surface area (TPSA) is 53.0 Å². The molecule has 3 fully saturated rings. The molecular weight excluding hydrogens is 419 g/mol. The predicted molar refractivity (Wildman–Crippen MR) is 139 cm³/mol. The molecule has 0 atom stereocenters. The highest BCUT2D eigenvalue weighted by Crippen LogP contribution is 2.33. The normalized spacial score (nSPS) is 23.2. The molecule has 4 aliphatic rings. The first-order valence-corrected chi connectivity index (χ1v) is 14.2. The van der Waals surface area contributed by atoms with E-state index in [1.165, 1.54) is 113 Å². The summed E-state index contributed by atoms with van der Waals surface area (Å²) in [5.74, 6) is 1.84. The quantitative estimate of drug-likeness (QED) is 0.545. The molecule has 1 radical (unpaired) electrons. The monoisotopic (exact) mass is 459 g/mol. The molecule has 34 heavy (non-hydrogen) atoms. The molecule has 2 aromatic rings. The lowest BCUT2D eigenvalue weighted by Crippen LogP contribution is -2.49. The molecule has 3 aliphatic carbocycles. The number of rotatable bonds is 6. The molecule has 7 heteroatoms. The molecule has 181 valence electrons. The minimum atomic E-state index is -1.27. The molecule has 1 aliphatic heterocycles.